The molecule has 24 aromatic rings. The van der Waals surface area contributed by atoms with Gasteiger partial charge in [0.05, 0.1) is 11.0 Å². The predicted octanol–water partition coefficient (Wildman–Crippen LogP) is 23.0. The number of ether oxygens (including phenoxy) is 4. The molecule has 11 aromatic carbocycles. The van der Waals surface area contributed by atoms with Crippen molar-refractivity contribution in [3.63, 3.8) is 0 Å². The summed E-state index contributed by atoms with van der Waals surface area (Å²) < 4.78 is 35.4. The van der Waals surface area contributed by atoms with Crippen molar-refractivity contribution in [2.24, 2.45) is 0 Å². The van der Waals surface area contributed by atoms with Crippen molar-refractivity contribution >= 4 is 142 Å². The van der Waals surface area contributed by atoms with Gasteiger partial charge in [-0.3, -0.25) is 0 Å². The molecule has 15 nitrogen and oxygen atoms in total. The number of hydrogen-bond acceptors (Lipinski definition) is 10. The van der Waals surface area contributed by atoms with Crippen LogP contribution in [0.4, 0.5) is 0 Å². The summed E-state index contributed by atoms with van der Waals surface area (Å²) in [6.07, 6.45) is 10.8. The van der Waals surface area contributed by atoms with E-state index in [1.807, 2.05) is 176 Å². The molecule has 0 fully saturated rings. The number of rotatable bonds is 11. The van der Waals surface area contributed by atoms with Gasteiger partial charge >= 0.3 is 61.3 Å². The molecule has 0 aliphatic carbocycles. The minimum absolute atomic E-state index is 0. The van der Waals surface area contributed by atoms with E-state index < -0.39 is 0 Å². The van der Waals surface area contributed by atoms with Crippen LogP contribution < -0.4 is 18.9 Å². The molecule has 0 unspecified atom stereocenters. The third-order valence-electron chi connectivity index (χ3n) is 20.5. The van der Waals surface area contributed by atoms with E-state index >= 15 is 0 Å². The number of benzene rings is 11. The van der Waals surface area contributed by atoms with Crippen LogP contribution in [0.1, 0.15) is 0 Å². The first-order valence-corrected chi connectivity index (χ1v) is 36.2. The van der Waals surface area contributed by atoms with Gasteiger partial charge in [0.25, 0.3) is 0 Å². The van der Waals surface area contributed by atoms with E-state index in [0.717, 1.165) is 127 Å². The van der Waals surface area contributed by atoms with Gasteiger partial charge in [-0.2, -0.15) is 36.4 Å². The van der Waals surface area contributed by atoms with Crippen molar-refractivity contribution in [1.82, 2.24) is 52.4 Å². The summed E-state index contributed by atoms with van der Waals surface area (Å²) in [7, 11) is 0. The van der Waals surface area contributed by atoms with Gasteiger partial charge in [-0.1, -0.05) is 137 Å². The molecule has 13 heterocycles. The Bertz CT molecular complexity index is 7670. The molecular formula is C96H53N11O4Pd3. The molecule has 0 aliphatic heterocycles. The zero-order valence-corrected chi connectivity index (χ0v) is 64.3. The molecule has 0 amide bonds. The van der Waals surface area contributed by atoms with Crippen LogP contribution in [0.25, 0.3) is 159 Å². The maximum atomic E-state index is 6.40. The molecular weight excluding hydrogens is 1690 g/mol. The van der Waals surface area contributed by atoms with Gasteiger partial charge in [0.1, 0.15) is 28.4 Å². The molecule has 0 saturated heterocycles. The van der Waals surface area contributed by atoms with Crippen LogP contribution in [0.15, 0.2) is 322 Å². The van der Waals surface area contributed by atoms with E-state index in [1.54, 1.807) is 18.5 Å². The minimum atomic E-state index is 0. The molecule has 0 aliphatic rings. The number of nitrogens with zero attached hydrogens (tertiary/aromatic N) is 11. The first-order valence-electron chi connectivity index (χ1n) is 36.2. The van der Waals surface area contributed by atoms with Crippen molar-refractivity contribution in [3.05, 3.63) is 359 Å². The van der Waals surface area contributed by atoms with Crippen molar-refractivity contribution in [1.29, 1.82) is 0 Å². The fourth-order valence-electron chi connectivity index (χ4n) is 15.9. The van der Waals surface area contributed by atoms with Crippen molar-refractivity contribution in [2.45, 2.75) is 0 Å². The number of fused-ring (bicyclic) bond motifs is 21. The van der Waals surface area contributed by atoms with E-state index in [0.29, 0.717) is 46.1 Å². The molecule has 0 spiro atoms. The third-order valence-corrected chi connectivity index (χ3v) is 20.5. The van der Waals surface area contributed by atoms with Gasteiger partial charge in [0.2, 0.25) is 5.88 Å². The predicted molar refractivity (Wildman–Crippen MR) is 438 cm³/mol. The van der Waals surface area contributed by atoms with Gasteiger partial charge in [-0.25, -0.2) is 29.9 Å². The second kappa shape index (κ2) is 29.3. The first kappa shape index (κ1) is 70.9. The topological polar surface area (TPSA) is 138 Å². The average molecular weight is 1740 g/mol. The summed E-state index contributed by atoms with van der Waals surface area (Å²) in [5.74, 6) is 5.45. The van der Waals surface area contributed by atoms with Gasteiger partial charge < -0.3 is 41.5 Å². The number of hydrogen-bond donors (Lipinski definition) is 0. The summed E-state index contributed by atoms with van der Waals surface area (Å²) in [5, 5.41) is 16.1. The van der Waals surface area contributed by atoms with E-state index in [-0.39, 0.29) is 61.3 Å². The van der Waals surface area contributed by atoms with Crippen molar-refractivity contribution < 1.29 is 80.2 Å². The molecule has 0 atom stereocenters. The summed E-state index contributed by atoms with van der Waals surface area (Å²) >= 11 is 0. The molecule has 0 bridgehead atoms. The van der Waals surface area contributed by atoms with Crippen LogP contribution in [-0.2, 0) is 61.3 Å². The van der Waals surface area contributed by atoms with Crippen LogP contribution in [0.2, 0.25) is 0 Å². The van der Waals surface area contributed by atoms with Gasteiger partial charge in [0.15, 0.2) is 0 Å². The minimum Gasteiger partial charge on any atom is -0.509 e. The molecule has 546 valence electrons. The van der Waals surface area contributed by atoms with Crippen LogP contribution in [0.3, 0.4) is 0 Å². The summed E-state index contributed by atoms with van der Waals surface area (Å²) in [6.45, 7) is 0. The summed E-state index contributed by atoms with van der Waals surface area (Å²) in [4.78, 5) is 27.6. The normalized spacial score (nSPS) is 11.5. The van der Waals surface area contributed by atoms with Crippen molar-refractivity contribution in [3.8, 4) is 63.3 Å². The Morgan fingerprint density at radius 3 is 1.01 bits per heavy atom. The van der Waals surface area contributed by atoms with Crippen LogP contribution >= 0.6 is 0 Å². The quantitative estimate of drug-likeness (QED) is 0.0909. The first-order chi connectivity index (χ1) is 55.0. The maximum absolute atomic E-state index is 6.40. The SMILES string of the molecule is [Pd+2].[Pd+2].[Pd+2].[c-]1c(Oc2[c-]c(-n3c4ccccc4c4cccnc43)ccc2)cccc1Oc1ccccn1.[c-]1c(Oc2[c-]c3c(cc2)c2cccc4c5cccnc5n3c24)ccc2c3ccccc3n(-c3ccccn3)c12.[c-]1c(Oc2[c-]c3c(cc2)c2cccc4c5cccnc5n3c24)cccc1-n1c2ccccc2c2cccnc21. The fourth-order valence-corrected chi connectivity index (χ4v) is 15.9. The Balaban J connectivity index is 0.000000114. The average Bonchev–Trinajstić information content (AvgIpc) is 1.55. The molecule has 18 heteroatoms. The fraction of sp³-hybridized carbons (Fsp3) is 0. The Hall–Kier alpha value is -13.5. The molecule has 0 N–H and O–H groups in total. The zero-order chi connectivity index (χ0) is 73.0. The largest absolute Gasteiger partial charge is 2.00 e. The molecule has 114 heavy (non-hydrogen) atoms. The van der Waals surface area contributed by atoms with E-state index in [1.165, 1.54) is 32.6 Å². The molecule has 13 aromatic heterocycles. The van der Waals surface area contributed by atoms with E-state index in [4.69, 9.17) is 33.9 Å². The third kappa shape index (κ3) is 11.9. The smallest absolute Gasteiger partial charge is 0.509 e. The van der Waals surface area contributed by atoms with Crippen LogP contribution in [0.5, 0.6) is 46.1 Å². The van der Waals surface area contributed by atoms with Gasteiger partial charge in [-0.15, -0.1) is 101 Å². The van der Waals surface area contributed by atoms with E-state index in [9.17, 15) is 0 Å². The summed E-state index contributed by atoms with van der Waals surface area (Å²) in [5.41, 5.74) is 13.7. The number of aromatic nitrogens is 11. The Morgan fingerprint density at radius 1 is 0.211 bits per heavy atom. The monoisotopic (exact) mass is 1740 g/mol. The van der Waals surface area contributed by atoms with E-state index in [2.05, 4.69) is 201 Å². The molecule has 24 rings (SSSR count). The maximum Gasteiger partial charge on any atom is 2.00 e. The number of para-hydroxylation sites is 5. The Kier molecular flexibility index (Phi) is 18.2. The Labute approximate surface area is 691 Å². The second-order valence-corrected chi connectivity index (χ2v) is 26.8. The zero-order valence-electron chi connectivity index (χ0n) is 59.6. The number of pyridine rings is 6. The molecule has 0 saturated carbocycles. The van der Waals surface area contributed by atoms with Gasteiger partial charge in [-0.05, 0) is 101 Å². The summed E-state index contributed by atoms with van der Waals surface area (Å²) in [6, 6.07) is 116. The van der Waals surface area contributed by atoms with Gasteiger partial charge in [0, 0.05) is 143 Å². The van der Waals surface area contributed by atoms with Crippen LogP contribution in [-0.4, -0.2) is 52.4 Å². The standard InChI is InChI=1S/2C34H18N4O.C28H17N3O2.3Pd/c1-2-14-30-24(9-1)28-12-5-17-35-33(28)37(30)21-7-3-8-22(19-21)39-23-15-16-25-26-10-4-11-27-29-13-6-18-36-34(29)38(32(26)27)31(25)20-23;1-2-11-29-23(7-1)24-15-13-21(19-30(24)37(29)32-12-3-4-17-35-32)39-22-14-16-25-26-8-5-9-27-28-10-6-18-36-34(28)38(33(26)27)31(25)20-22;1-2-14-26-24(12-1)25-13-7-17-30-28(25)31(26)20-8-5-9-21(18-20)32-22-10-6-11-23(19-22)33-27-15-3-4-16-29-27;;;/h2*1-18H;1-17H;;;/q3*-2;3*+2. The Morgan fingerprint density at radius 2 is 0.544 bits per heavy atom. The van der Waals surface area contributed by atoms with Crippen LogP contribution in [0, 0.1) is 36.4 Å². The van der Waals surface area contributed by atoms with Crippen molar-refractivity contribution in [2.75, 3.05) is 0 Å². The second-order valence-electron chi connectivity index (χ2n) is 26.8. The molecule has 0 radical (unpaired) electrons.